The van der Waals surface area contributed by atoms with Gasteiger partial charge in [-0.15, -0.1) is 0 Å². The number of aryl methyl sites for hydroxylation is 1. The van der Waals surface area contributed by atoms with E-state index in [1.165, 1.54) is 19.2 Å². The van der Waals surface area contributed by atoms with Gasteiger partial charge in [-0.2, -0.15) is 0 Å². The number of nitrogens with two attached hydrogens (primary N) is 1. The second kappa shape index (κ2) is 10.5. The molecule has 2 aliphatic rings. The average molecular weight is 495 g/mol. The van der Waals surface area contributed by atoms with Gasteiger partial charge in [0.15, 0.2) is 5.84 Å². The standard InChI is InChI=1S/C25H27FN6O4/c1-14-23-21(31-25(27)28-14)11-20(30-24(23)32-36-13-16-12-34-8-9-35-16)17-7-6-15(26)10-18(17)19-4-3-5-22(29-19)33-2/h3-7,10,16,20H,8-9,11-13H2,1-2H3,(H,30,32)(H2,27,28,31)/t16-,20?/m1/s1. The number of anilines is 1. The number of rotatable bonds is 6. The number of methoxy groups -OCH3 is 1. The third-order valence-corrected chi connectivity index (χ3v) is 6.00. The van der Waals surface area contributed by atoms with Crippen LogP contribution >= 0.6 is 0 Å². The van der Waals surface area contributed by atoms with E-state index in [4.69, 9.17) is 29.8 Å². The molecule has 4 heterocycles. The van der Waals surface area contributed by atoms with Crippen molar-refractivity contribution < 1.29 is 23.4 Å². The Morgan fingerprint density at radius 1 is 1.17 bits per heavy atom. The molecule has 0 spiro atoms. The van der Waals surface area contributed by atoms with E-state index in [-0.39, 0.29) is 24.5 Å². The molecule has 0 bridgehead atoms. The Labute approximate surface area is 207 Å². The van der Waals surface area contributed by atoms with Crippen LogP contribution in [0.25, 0.3) is 11.3 Å². The highest BCUT2D eigenvalue weighted by molar-refractivity contribution is 6.01. The number of nitrogens with one attached hydrogen (secondary N) is 1. The first-order chi connectivity index (χ1) is 17.5. The van der Waals surface area contributed by atoms with Crippen molar-refractivity contribution in [2.24, 2.45) is 4.99 Å². The molecule has 0 radical (unpaired) electrons. The number of aliphatic imine (C=N–C) groups is 1. The number of hydroxylamine groups is 1. The number of pyridine rings is 1. The minimum Gasteiger partial charge on any atom is -0.481 e. The van der Waals surface area contributed by atoms with Crippen LogP contribution < -0.4 is 16.0 Å². The Hall–Kier alpha value is -3.67. The van der Waals surface area contributed by atoms with Gasteiger partial charge < -0.3 is 19.9 Å². The van der Waals surface area contributed by atoms with Crippen LogP contribution in [0.1, 0.15) is 28.6 Å². The minimum atomic E-state index is -0.407. The zero-order valence-electron chi connectivity index (χ0n) is 20.0. The number of amidine groups is 1. The van der Waals surface area contributed by atoms with E-state index in [1.807, 2.05) is 13.0 Å². The molecule has 10 nitrogen and oxygen atoms in total. The number of benzene rings is 1. The van der Waals surface area contributed by atoms with Crippen molar-refractivity contribution >= 4 is 11.8 Å². The fourth-order valence-electron chi connectivity index (χ4n) is 4.37. The molecular weight excluding hydrogens is 467 g/mol. The van der Waals surface area contributed by atoms with Gasteiger partial charge in [0.2, 0.25) is 11.8 Å². The zero-order valence-corrected chi connectivity index (χ0v) is 20.0. The molecule has 11 heteroatoms. The minimum absolute atomic E-state index is 0.175. The van der Waals surface area contributed by atoms with Gasteiger partial charge in [-0.25, -0.2) is 24.8 Å². The summed E-state index contributed by atoms with van der Waals surface area (Å²) in [5.41, 5.74) is 13.0. The van der Waals surface area contributed by atoms with Crippen LogP contribution in [-0.4, -0.2) is 60.4 Å². The maximum absolute atomic E-state index is 14.4. The van der Waals surface area contributed by atoms with Gasteiger partial charge in [0, 0.05) is 18.1 Å². The molecule has 2 atom stereocenters. The first-order valence-corrected chi connectivity index (χ1v) is 11.6. The number of nitrogens with zero attached hydrogens (tertiary/aromatic N) is 4. The second-order valence-corrected chi connectivity index (χ2v) is 8.46. The largest absolute Gasteiger partial charge is 0.481 e. The molecule has 188 valence electrons. The molecule has 5 rings (SSSR count). The lowest BCUT2D eigenvalue weighted by Crippen LogP contribution is -2.38. The monoisotopic (exact) mass is 494 g/mol. The fourth-order valence-corrected chi connectivity index (χ4v) is 4.37. The van der Waals surface area contributed by atoms with E-state index < -0.39 is 6.04 Å². The SMILES string of the molecule is COc1cccc(-c2cc(F)ccc2C2Cc3nc(N)nc(C)c3C(NOC[C@H]3COCCO3)=N2)n1. The summed E-state index contributed by atoms with van der Waals surface area (Å²) in [6.45, 7) is 3.67. The zero-order chi connectivity index (χ0) is 25.1. The summed E-state index contributed by atoms with van der Waals surface area (Å²) >= 11 is 0. The van der Waals surface area contributed by atoms with Crippen molar-refractivity contribution in [3.63, 3.8) is 0 Å². The molecule has 1 saturated heterocycles. The number of hydrogen-bond donors (Lipinski definition) is 2. The number of aromatic nitrogens is 3. The van der Waals surface area contributed by atoms with Crippen molar-refractivity contribution in [1.82, 2.24) is 20.4 Å². The summed E-state index contributed by atoms with van der Waals surface area (Å²) in [6.07, 6.45) is 0.258. The second-order valence-electron chi connectivity index (χ2n) is 8.46. The summed E-state index contributed by atoms with van der Waals surface area (Å²) < 4.78 is 30.7. The molecule has 0 aliphatic carbocycles. The molecule has 36 heavy (non-hydrogen) atoms. The van der Waals surface area contributed by atoms with Gasteiger partial charge >= 0.3 is 0 Å². The van der Waals surface area contributed by atoms with Crippen molar-refractivity contribution in [2.75, 3.05) is 39.3 Å². The first kappa shape index (κ1) is 24.0. The van der Waals surface area contributed by atoms with Crippen LogP contribution in [0.15, 0.2) is 41.4 Å². The summed E-state index contributed by atoms with van der Waals surface area (Å²) in [4.78, 5) is 24.0. The summed E-state index contributed by atoms with van der Waals surface area (Å²) in [5.74, 6) is 0.691. The fraction of sp³-hybridized carbons (Fsp3) is 0.360. The van der Waals surface area contributed by atoms with Crippen molar-refractivity contribution in [3.05, 3.63) is 64.7 Å². The van der Waals surface area contributed by atoms with Gasteiger partial charge in [-0.1, -0.05) is 12.1 Å². The maximum Gasteiger partial charge on any atom is 0.220 e. The first-order valence-electron chi connectivity index (χ1n) is 11.6. The Morgan fingerprint density at radius 2 is 2.06 bits per heavy atom. The molecule has 1 aromatic carbocycles. The predicted molar refractivity (Wildman–Crippen MR) is 130 cm³/mol. The molecular formula is C25H27FN6O4. The highest BCUT2D eigenvalue weighted by Crippen LogP contribution is 2.36. The van der Waals surface area contributed by atoms with Crippen LogP contribution in [0.5, 0.6) is 5.88 Å². The van der Waals surface area contributed by atoms with Crippen LogP contribution in [0.2, 0.25) is 0 Å². The van der Waals surface area contributed by atoms with E-state index in [1.54, 1.807) is 18.2 Å². The predicted octanol–water partition coefficient (Wildman–Crippen LogP) is 2.56. The lowest BCUT2D eigenvalue weighted by molar-refractivity contribution is -0.122. The molecule has 0 saturated carbocycles. The van der Waals surface area contributed by atoms with E-state index in [0.29, 0.717) is 54.9 Å². The summed E-state index contributed by atoms with van der Waals surface area (Å²) in [6, 6.07) is 9.52. The van der Waals surface area contributed by atoms with E-state index in [2.05, 4.69) is 20.4 Å². The van der Waals surface area contributed by atoms with E-state index in [0.717, 1.165) is 16.8 Å². The molecule has 1 fully saturated rings. The number of fused-ring (bicyclic) bond motifs is 1. The third kappa shape index (κ3) is 5.13. The molecule has 2 aromatic heterocycles. The molecule has 1 unspecified atom stereocenters. The molecule has 3 N–H and O–H groups in total. The smallest absolute Gasteiger partial charge is 0.220 e. The van der Waals surface area contributed by atoms with Crippen molar-refractivity contribution in [1.29, 1.82) is 0 Å². The van der Waals surface area contributed by atoms with Crippen LogP contribution in [0.4, 0.5) is 10.3 Å². The highest BCUT2D eigenvalue weighted by atomic mass is 19.1. The van der Waals surface area contributed by atoms with Gasteiger partial charge in [-0.05, 0) is 30.7 Å². The third-order valence-electron chi connectivity index (χ3n) is 6.00. The van der Waals surface area contributed by atoms with Gasteiger partial charge in [0.25, 0.3) is 0 Å². The Kier molecular flexibility index (Phi) is 7.03. The highest BCUT2D eigenvalue weighted by Gasteiger charge is 2.29. The van der Waals surface area contributed by atoms with Crippen molar-refractivity contribution in [2.45, 2.75) is 25.5 Å². The van der Waals surface area contributed by atoms with Crippen LogP contribution in [0.3, 0.4) is 0 Å². The topological polar surface area (TPSA) is 126 Å². The maximum atomic E-state index is 14.4. The van der Waals surface area contributed by atoms with Crippen LogP contribution in [-0.2, 0) is 20.7 Å². The van der Waals surface area contributed by atoms with Gasteiger partial charge in [0.05, 0.1) is 55.6 Å². The molecule has 2 aliphatic heterocycles. The number of ether oxygens (including phenoxy) is 3. The lowest BCUT2D eigenvalue weighted by atomic mass is 9.91. The molecule has 3 aromatic rings. The van der Waals surface area contributed by atoms with E-state index in [9.17, 15) is 4.39 Å². The van der Waals surface area contributed by atoms with Crippen LogP contribution in [0, 0.1) is 12.7 Å². The summed E-state index contributed by atoms with van der Waals surface area (Å²) in [5, 5.41) is 0. The molecule has 0 amide bonds. The Bertz CT molecular complexity index is 1280. The Balaban J connectivity index is 1.50. The lowest BCUT2D eigenvalue weighted by Gasteiger charge is -2.27. The number of hydrogen-bond acceptors (Lipinski definition) is 10. The number of halogens is 1. The van der Waals surface area contributed by atoms with E-state index >= 15 is 0 Å². The van der Waals surface area contributed by atoms with Gasteiger partial charge in [-0.3, -0.25) is 9.83 Å². The average Bonchev–Trinajstić information content (AvgIpc) is 2.88. The number of nitrogen functional groups attached to an aromatic ring is 1. The Morgan fingerprint density at radius 3 is 2.86 bits per heavy atom. The van der Waals surface area contributed by atoms with Gasteiger partial charge in [0.1, 0.15) is 18.5 Å². The normalized spacial score (nSPS) is 19.4. The quantitative estimate of drug-likeness (QED) is 0.497. The summed E-state index contributed by atoms with van der Waals surface area (Å²) in [7, 11) is 1.54. The van der Waals surface area contributed by atoms with Crippen molar-refractivity contribution in [3.8, 4) is 17.1 Å².